The maximum absolute atomic E-state index is 5.83. The molecule has 0 saturated heterocycles. The van der Waals surface area contributed by atoms with E-state index in [0.717, 1.165) is 10.0 Å². The van der Waals surface area contributed by atoms with Crippen LogP contribution in [0.3, 0.4) is 0 Å². The van der Waals surface area contributed by atoms with Crippen LogP contribution in [-0.2, 0) is 6.54 Å². The monoisotopic (exact) mass is 266 g/mol. The molecule has 0 unspecified atom stereocenters. The summed E-state index contributed by atoms with van der Waals surface area (Å²) in [6, 6.07) is 1.98. The Morgan fingerprint density at radius 2 is 2.27 bits per heavy atom. The summed E-state index contributed by atoms with van der Waals surface area (Å²) in [5.74, 6) is 0.637. The van der Waals surface area contributed by atoms with Crippen molar-refractivity contribution in [3.63, 3.8) is 0 Å². The van der Waals surface area contributed by atoms with Crippen LogP contribution in [-0.4, -0.2) is 14.8 Å². The molecule has 4 nitrogen and oxygen atoms in total. The third kappa shape index (κ3) is 2.02. The van der Waals surface area contributed by atoms with Crippen molar-refractivity contribution < 1.29 is 0 Å². The number of nitrogen functional groups attached to an aromatic ring is 1. The summed E-state index contributed by atoms with van der Waals surface area (Å²) in [5.41, 5.74) is 8.15. The Kier molecular flexibility index (Phi) is 2.73. The van der Waals surface area contributed by atoms with Gasteiger partial charge in [0.25, 0.3) is 0 Å². The average Bonchev–Trinajstić information content (AvgIpc) is 2.53. The molecule has 2 rings (SSSR count). The predicted molar refractivity (Wildman–Crippen MR) is 62.4 cm³/mol. The molecule has 2 aromatic heterocycles. The van der Waals surface area contributed by atoms with Gasteiger partial charge in [0.2, 0.25) is 0 Å². The van der Waals surface area contributed by atoms with Gasteiger partial charge in [-0.1, -0.05) is 0 Å². The number of nitrogens with zero attached hydrogens (tertiary/aromatic N) is 3. The number of halogens is 1. The third-order valence-corrected chi connectivity index (χ3v) is 2.91. The molecule has 0 radical (unpaired) electrons. The first-order valence-electron chi connectivity index (χ1n) is 4.55. The average molecular weight is 267 g/mol. The molecular weight excluding hydrogens is 256 g/mol. The maximum atomic E-state index is 5.83. The van der Waals surface area contributed by atoms with Crippen LogP contribution >= 0.6 is 15.9 Å². The summed E-state index contributed by atoms with van der Waals surface area (Å²) in [6.07, 6.45) is 5.31. The summed E-state index contributed by atoms with van der Waals surface area (Å²) >= 11 is 3.32. The number of anilines is 1. The molecule has 0 atom stereocenters. The molecule has 78 valence electrons. The molecule has 2 heterocycles. The van der Waals surface area contributed by atoms with Crippen molar-refractivity contribution in [2.24, 2.45) is 0 Å². The molecule has 2 aromatic rings. The van der Waals surface area contributed by atoms with Gasteiger partial charge in [0, 0.05) is 12.4 Å². The van der Waals surface area contributed by atoms with Crippen LogP contribution < -0.4 is 5.73 Å². The van der Waals surface area contributed by atoms with E-state index >= 15 is 0 Å². The number of aromatic nitrogens is 3. The fraction of sp³-hybridized carbons (Fsp3) is 0.200. The van der Waals surface area contributed by atoms with Gasteiger partial charge in [0.15, 0.2) is 0 Å². The number of rotatable bonds is 2. The molecule has 2 N–H and O–H groups in total. The van der Waals surface area contributed by atoms with Gasteiger partial charge >= 0.3 is 0 Å². The summed E-state index contributed by atoms with van der Waals surface area (Å²) in [6.45, 7) is 2.70. The highest BCUT2D eigenvalue weighted by atomic mass is 79.9. The summed E-state index contributed by atoms with van der Waals surface area (Å²) in [5, 5.41) is 4.17. The topological polar surface area (TPSA) is 56.7 Å². The third-order valence-electron chi connectivity index (χ3n) is 2.30. The Hall–Kier alpha value is -1.36. The van der Waals surface area contributed by atoms with Crippen LogP contribution in [0, 0.1) is 6.92 Å². The molecular formula is C10H11BrN4. The van der Waals surface area contributed by atoms with Crippen molar-refractivity contribution in [2.45, 2.75) is 13.5 Å². The van der Waals surface area contributed by atoms with Gasteiger partial charge in [0.05, 0.1) is 17.2 Å². The smallest absolute Gasteiger partial charge is 0.136 e. The number of hydrogen-bond acceptors (Lipinski definition) is 3. The zero-order chi connectivity index (χ0) is 10.8. The summed E-state index contributed by atoms with van der Waals surface area (Å²) in [4.78, 5) is 4.08. The molecule has 15 heavy (non-hydrogen) atoms. The fourth-order valence-corrected chi connectivity index (χ4v) is 1.62. The fourth-order valence-electron chi connectivity index (χ4n) is 1.32. The lowest BCUT2D eigenvalue weighted by molar-refractivity contribution is 0.692. The van der Waals surface area contributed by atoms with Crippen LogP contribution in [0.15, 0.2) is 29.1 Å². The van der Waals surface area contributed by atoms with E-state index in [1.165, 1.54) is 5.56 Å². The Bertz CT molecular complexity index is 478. The second-order valence-electron chi connectivity index (χ2n) is 3.34. The molecule has 0 bridgehead atoms. The first kappa shape index (κ1) is 10.2. The highest BCUT2D eigenvalue weighted by Gasteiger charge is 2.06. The second-order valence-corrected chi connectivity index (χ2v) is 4.19. The lowest BCUT2D eigenvalue weighted by Gasteiger charge is -2.06. The van der Waals surface area contributed by atoms with E-state index in [2.05, 4.69) is 26.0 Å². The van der Waals surface area contributed by atoms with Crippen LogP contribution in [0.25, 0.3) is 0 Å². The first-order valence-corrected chi connectivity index (χ1v) is 5.34. The van der Waals surface area contributed by atoms with Crippen LogP contribution in [0.2, 0.25) is 0 Å². The van der Waals surface area contributed by atoms with Gasteiger partial charge in [-0.3, -0.25) is 4.98 Å². The Balaban J connectivity index is 2.30. The maximum Gasteiger partial charge on any atom is 0.136 e. The van der Waals surface area contributed by atoms with E-state index < -0.39 is 0 Å². The van der Waals surface area contributed by atoms with Crippen molar-refractivity contribution in [1.29, 1.82) is 0 Å². The molecule has 5 heteroatoms. The van der Waals surface area contributed by atoms with E-state index in [1.807, 2.05) is 19.2 Å². The Morgan fingerprint density at radius 1 is 1.47 bits per heavy atom. The zero-order valence-electron chi connectivity index (χ0n) is 8.31. The van der Waals surface area contributed by atoms with E-state index in [0.29, 0.717) is 12.4 Å². The van der Waals surface area contributed by atoms with E-state index in [1.54, 1.807) is 17.1 Å². The highest BCUT2D eigenvalue weighted by molar-refractivity contribution is 9.10. The molecule has 0 fully saturated rings. The van der Waals surface area contributed by atoms with Crippen LogP contribution in [0.4, 0.5) is 5.82 Å². The standard InChI is InChI=1S/C10H11BrN4/c1-7-2-3-13-4-8(7)6-15-10(12)9(11)5-14-15/h2-5H,6,12H2,1H3. The van der Waals surface area contributed by atoms with Gasteiger partial charge in [0.1, 0.15) is 5.82 Å². The van der Waals surface area contributed by atoms with Gasteiger partial charge in [-0.25, -0.2) is 4.68 Å². The first-order chi connectivity index (χ1) is 7.18. The molecule has 0 aliphatic carbocycles. The minimum atomic E-state index is 0.637. The minimum absolute atomic E-state index is 0.637. The largest absolute Gasteiger partial charge is 0.383 e. The Morgan fingerprint density at radius 3 is 2.87 bits per heavy atom. The van der Waals surface area contributed by atoms with Gasteiger partial charge < -0.3 is 5.73 Å². The van der Waals surface area contributed by atoms with Crippen molar-refractivity contribution in [2.75, 3.05) is 5.73 Å². The van der Waals surface area contributed by atoms with Crippen molar-refractivity contribution in [3.8, 4) is 0 Å². The minimum Gasteiger partial charge on any atom is -0.383 e. The highest BCUT2D eigenvalue weighted by Crippen LogP contribution is 2.19. The summed E-state index contributed by atoms with van der Waals surface area (Å²) in [7, 11) is 0. The Labute approximate surface area is 96.3 Å². The number of aryl methyl sites for hydroxylation is 1. The van der Waals surface area contributed by atoms with Crippen molar-refractivity contribution in [3.05, 3.63) is 40.3 Å². The van der Waals surface area contributed by atoms with E-state index in [4.69, 9.17) is 5.73 Å². The van der Waals surface area contributed by atoms with Crippen molar-refractivity contribution in [1.82, 2.24) is 14.8 Å². The predicted octanol–water partition coefficient (Wildman–Crippen LogP) is 1.98. The van der Waals surface area contributed by atoms with E-state index in [9.17, 15) is 0 Å². The SMILES string of the molecule is Cc1ccncc1Cn1ncc(Br)c1N. The quantitative estimate of drug-likeness (QED) is 0.905. The normalized spacial score (nSPS) is 10.5. The van der Waals surface area contributed by atoms with Gasteiger partial charge in [-0.15, -0.1) is 0 Å². The summed E-state index contributed by atoms with van der Waals surface area (Å²) < 4.78 is 2.57. The van der Waals surface area contributed by atoms with Crippen molar-refractivity contribution >= 4 is 21.7 Å². The molecule has 0 aromatic carbocycles. The van der Waals surface area contributed by atoms with Gasteiger partial charge in [-0.05, 0) is 40.0 Å². The number of hydrogen-bond donors (Lipinski definition) is 1. The number of pyridine rings is 1. The van der Waals surface area contributed by atoms with Crippen LogP contribution in [0.5, 0.6) is 0 Å². The molecule has 0 aliphatic rings. The second kappa shape index (κ2) is 4.02. The molecule has 0 aliphatic heterocycles. The van der Waals surface area contributed by atoms with Gasteiger partial charge in [-0.2, -0.15) is 5.10 Å². The lowest BCUT2D eigenvalue weighted by Crippen LogP contribution is -2.07. The number of nitrogens with two attached hydrogens (primary N) is 1. The molecule has 0 spiro atoms. The molecule has 0 saturated carbocycles. The molecule has 0 amide bonds. The van der Waals surface area contributed by atoms with E-state index in [-0.39, 0.29) is 0 Å². The lowest BCUT2D eigenvalue weighted by atomic mass is 10.2. The van der Waals surface area contributed by atoms with Crippen LogP contribution in [0.1, 0.15) is 11.1 Å². The zero-order valence-corrected chi connectivity index (χ0v) is 9.90.